The Morgan fingerprint density at radius 2 is 2.00 bits per heavy atom. The number of aromatic nitrogens is 1. The average molecular weight is 217 g/mol. The molecule has 0 saturated heterocycles. The first-order valence-electron chi connectivity index (χ1n) is 4.98. The van der Waals surface area contributed by atoms with Crippen LogP contribution in [0.2, 0.25) is 0 Å². The van der Waals surface area contributed by atoms with Crippen LogP contribution in [0.25, 0.3) is 11.1 Å². The van der Waals surface area contributed by atoms with Gasteiger partial charge in [-0.1, -0.05) is 18.2 Å². The highest BCUT2D eigenvalue weighted by molar-refractivity contribution is 5.70. The minimum absolute atomic E-state index is 0.432. The third kappa shape index (κ3) is 1.89. The largest absolute Gasteiger partial charge is 0.496 e. The zero-order valence-corrected chi connectivity index (χ0v) is 9.20. The molecule has 3 heteroatoms. The van der Waals surface area contributed by atoms with E-state index in [1.54, 1.807) is 20.1 Å². The number of nitrogens with zero attached hydrogens (tertiary/aromatic N) is 1. The van der Waals surface area contributed by atoms with Crippen molar-refractivity contribution in [2.24, 2.45) is 0 Å². The molecule has 0 amide bonds. The molecular weight excluding hydrogens is 205 g/mol. The van der Waals surface area contributed by atoms with Gasteiger partial charge in [0.25, 0.3) is 0 Å². The molecule has 0 radical (unpaired) electrons. The molecule has 1 aromatic carbocycles. The van der Waals surface area contributed by atoms with E-state index < -0.39 is 5.95 Å². The Balaban J connectivity index is 2.54. The van der Waals surface area contributed by atoms with Gasteiger partial charge in [0, 0.05) is 22.9 Å². The molecule has 0 bridgehead atoms. The normalized spacial score (nSPS) is 10.2. The Bertz CT molecular complexity index is 511. The maximum Gasteiger partial charge on any atom is 0.215 e. The third-order valence-electron chi connectivity index (χ3n) is 2.43. The number of ether oxygens (including phenoxy) is 1. The number of hydrogen-bond acceptors (Lipinski definition) is 2. The van der Waals surface area contributed by atoms with Gasteiger partial charge in [0.2, 0.25) is 5.95 Å². The van der Waals surface area contributed by atoms with Gasteiger partial charge < -0.3 is 4.74 Å². The second-order valence-electron chi connectivity index (χ2n) is 3.53. The molecule has 0 aliphatic rings. The fourth-order valence-corrected chi connectivity index (χ4v) is 1.59. The average Bonchev–Trinajstić information content (AvgIpc) is 2.32. The van der Waals surface area contributed by atoms with Gasteiger partial charge in [0.05, 0.1) is 7.11 Å². The van der Waals surface area contributed by atoms with Gasteiger partial charge in [-0.25, -0.2) is 4.98 Å². The predicted octanol–water partition coefficient (Wildman–Crippen LogP) is 3.20. The molecule has 0 spiro atoms. The molecule has 0 aliphatic heterocycles. The van der Waals surface area contributed by atoms with E-state index in [0.29, 0.717) is 5.56 Å². The second-order valence-corrected chi connectivity index (χ2v) is 3.53. The molecule has 2 rings (SSSR count). The van der Waals surface area contributed by atoms with Crippen molar-refractivity contribution in [3.63, 3.8) is 0 Å². The summed E-state index contributed by atoms with van der Waals surface area (Å²) in [6, 6.07) is 9.37. The topological polar surface area (TPSA) is 22.1 Å². The van der Waals surface area contributed by atoms with Crippen LogP contribution in [0.5, 0.6) is 5.75 Å². The van der Waals surface area contributed by atoms with Crippen LogP contribution in [0.15, 0.2) is 36.5 Å². The highest BCUT2D eigenvalue weighted by Gasteiger charge is 2.07. The highest BCUT2D eigenvalue weighted by Crippen LogP contribution is 2.29. The SMILES string of the molecule is COc1ccccc1-c1cnc(F)c(C)c1. The highest BCUT2D eigenvalue weighted by atomic mass is 19.1. The van der Waals surface area contributed by atoms with Gasteiger partial charge >= 0.3 is 0 Å². The van der Waals surface area contributed by atoms with Gasteiger partial charge in [-0.05, 0) is 19.1 Å². The Morgan fingerprint density at radius 3 is 2.69 bits per heavy atom. The molecule has 1 aromatic heterocycles. The maximum atomic E-state index is 13.1. The quantitative estimate of drug-likeness (QED) is 0.720. The van der Waals surface area contributed by atoms with Crippen LogP contribution in [-0.4, -0.2) is 12.1 Å². The fraction of sp³-hybridized carbons (Fsp3) is 0.154. The zero-order valence-electron chi connectivity index (χ0n) is 9.20. The zero-order chi connectivity index (χ0) is 11.5. The molecule has 0 N–H and O–H groups in total. The Hall–Kier alpha value is -1.90. The van der Waals surface area contributed by atoms with Crippen LogP contribution in [-0.2, 0) is 0 Å². The van der Waals surface area contributed by atoms with Gasteiger partial charge in [-0.15, -0.1) is 0 Å². The Labute approximate surface area is 93.7 Å². The smallest absolute Gasteiger partial charge is 0.215 e. The molecule has 0 atom stereocenters. The summed E-state index contributed by atoms with van der Waals surface area (Å²) in [4.78, 5) is 3.71. The fourth-order valence-electron chi connectivity index (χ4n) is 1.59. The standard InChI is InChI=1S/C13H12FNO/c1-9-7-10(8-15-13(9)14)11-5-3-4-6-12(11)16-2/h3-8H,1-2H3. The van der Waals surface area contributed by atoms with Crippen LogP contribution < -0.4 is 4.74 Å². The van der Waals surface area contributed by atoms with E-state index in [4.69, 9.17) is 4.74 Å². The van der Waals surface area contributed by atoms with Crippen molar-refractivity contribution in [2.75, 3.05) is 7.11 Å². The van der Waals surface area contributed by atoms with E-state index >= 15 is 0 Å². The van der Waals surface area contributed by atoms with Crippen LogP contribution in [0.4, 0.5) is 4.39 Å². The number of pyridine rings is 1. The van der Waals surface area contributed by atoms with E-state index in [2.05, 4.69) is 4.98 Å². The van der Waals surface area contributed by atoms with Crippen LogP contribution in [0, 0.1) is 12.9 Å². The van der Waals surface area contributed by atoms with Crippen molar-refractivity contribution in [1.29, 1.82) is 0 Å². The lowest BCUT2D eigenvalue weighted by atomic mass is 10.1. The molecule has 0 unspecified atom stereocenters. The summed E-state index contributed by atoms with van der Waals surface area (Å²) in [5.74, 6) is 0.328. The van der Waals surface area contributed by atoms with Crippen LogP contribution in [0.1, 0.15) is 5.56 Å². The molecule has 2 aromatic rings. The maximum absolute atomic E-state index is 13.1. The van der Waals surface area contributed by atoms with E-state index in [0.717, 1.165) is 16.9 Å². The van der Waals surface area contributed by atoms with Crippen LogP contribution >= 0.6 is 0 Å². The molecule has 16 heavy (non-hydrogen) atoms. The number of rotatable bonds is 2. The molecule has 2 nitrogen and oxygen atoms in total. The Morgan fingerprint density at radius 1 is 1.25 bits per heavy atom. The third-order valence-corrected chi connectivity index (χ3v) is 2.43. The molecule has 1 heterocycles. The van der Waals surface area contributed by atoms with Crippen LogP contribution in [0.3, 0.4) is 0 Å². The summed E-state index contributed by atoms with van der Waals surface area (Å²) in [6.45, 7) is 1.70. The molecule has 0 saturated carbocycles. The van der Waals surface area contributed by atoms with Gasteiger partial charge in [0.15, 0.2) is 0 Å². The van der Waals surface area contributed by atoms with Gasteiger partial charge in [-0.3, -0.25) is 0 Å². The molecule has 0 fully saturated rings. The second kappa shape index (κ2) is 4.31. The van der Waals surface area contributed by atoms with Crippen molar-refractivity contribution in [3.05, 3.63) is 48.0 Å². The minimum atomic E-state index is -0.432. The first-order chi connectivity index (χ1) is 7.72. The van der Waals surface area contributed by atoms with Crippen molar-refractivity contribution in [3.8, 4) is 16.9 Å². The van der Waals surface area contributed by atoms with E-state index in [1.807, 2.05) is 24.3 Å². The number of para-hydroxylation sites is 1. The van der Waals surface area contributed by atoms with Crippen molar-refractivity contribution >= 4 is 0 Å². The first kappa shape index (κ1) is 10.6. The summed E-state index contributed by atoms with van der Waals surface area (Å²) in [6.07, 6.45) is 1.51. The van der Waals surface area contributed by atoms with E-state index in [1.165, 1.54) is 6.20 Å². The number of aryl methyl sites for hydroxylation is 1. The molecule has 0 aliphatic carbocycles. The van der Waals surface area contributed by atoms with Crippen molar-refractivity contribution in [2.45, 2.75) is 6.92 Å². The molecular formula is C13H12FNO. The van der Waals surface area contributed by atoms with E-state index in [9.17, 15) is 4.39 Å². The number of hydrogen-bond donors (Lipinski definition) is 0. The Kier molecular flexibility index (Phi) is 2.86. The number of benzene rings is 1. The lowest BCUT2D eigenvalue weighted by molar-refractivity contribution is 0.416. The van der Waals surface area contributed by atoms with Crippen molar-refractivity contribution in [1.82, 2.24) is 4.98 Å². The number of methoxy groups -OCH3 is 1. The number of halogens is 1. The minimum Gasteiger partial charge on any atom is -0.496 e. The summed E-state index contributed by atoms with van der Waals surface area (Å²) >= 11 is 0. The first-order valence-corrected chi connectivity index (χ1v) is 4.98. The van der Waals surface area contributed by atoms with Crippen molar-refractivity contribution < 1.29 is 9.13 Å². The van der Waals surface area contributed by atoms with Gasteiger partial charge in [-0.2, -0.15) is 4.39 Å². The van der Waals surface area contributed by atoms with E-state index in [-0.39, 0.29) is 0 Å². The predicted molar refractivity (Wildman–Crippen MR) is 60.9 cm³/mol. The lowest BCUT2D eigenvalue weighted by Gasteiger charge is -2.08. The molecule has 82 valence electrons. The summed E-state index contributed by atoms with van der Waals surface area (Å²) in [7, 11) is 1.61. The summed E-state index contributed by atoms with van der Waals surface area (Å²) in [5.41, 5.74) is 2.31. The lowest BCUT2D eigenvalue weighted by Crippen LogP contribution is -1.91. The monoisotopic (exact) mass is 217 g/mol. The summed E-state index contributed by atoms with van der Waals surface area (Å²) < 4.78 is 18.3. The summed E-state index contributed by atoms with van der Waals surface area (Å²) in [5, 5.41) is 0. The van der Waals surface area contributed by atoms with Gasteiger partial charge in [0.1, 0.15) is 5.75 Å².